The highest BCUT2D eigenvalue weighted by molar-refractivity contribution is 5.33. The van der Waals surface area contributed by atoms with E-state index in [4.69, 9.17) is 0 Å². The third-order valence-electron chi connectivity index (χ3n) is 3.94. The van der Waals surface area contributed by atoms with E-state index in [1.807, 2.05) is 19.2 Å². The molecule has 4 nitrogen and oxygen atoms in total. The van der Waals surface area contributed by atoms with Gasteiger partial charge in [0, 0.05) is 18.2 Å². The molecule has 18 heavy (non-hydrogen) atoms. The molecule has 0 aromatic heterocycles. The van der Waals surface area contributed by atoms with Gasteiger partial charge < -0.3 is 5.32 Å². The van der Waals surface area contributed by atoms with Crippen molar-refractivity contribution in [3.8, 4) is 0 Å². The molecule has 1 aliphatic rings. The highest BCUT2D eigenvalue weighted by Gasteiger charge is 2.23. The van der Waals surface area contributed by atoms with Crippen molar-refractivity contribution in [3.05, 3.63) is 39.9 Å². The summed E-state index contributed by atoms with van der Waals surface area (Å²) >= 11 is 0. The summed E-state index contributed by atoms with van der Waals surface area (Å²) < 4.78 is 0. The molecule has 0 amide bonds. The fourth-order valence-electron chi connectivity index (χ4n) is 2.87. The maximum atomic E-state index is 10.6. The summed E-state index contributed by atoms with van der Waals surface area (Å²) in [5.74, 6) is 0.755. The van der Waals surface area contributed by atoms with Crippen LogP contribution in [0, 0.1) is 16.0 Å². The number of nitro groups is 1. The summed E-state index contributed by atoms with van der Waals surface area (Å²) in [4.78, 5) is 10.2. The molecular weight excluding hydrogens is 228 g/mol. The Kier molecular flexibility index (Phi) is 4.31. The van der Waals surface area contributed by atoms with Crippen molar-refractivity contribution in [2.24, 2.45) is 5.92 Å². The molecule has 0 bridgehead atoms. The monoisotopic (exact) mass is 248 g/mol. The Labute approximate surface area is 108 Å². The minimum atomic E-state index is -0.351. The minimum Gasteiger partial charge on any atom is -0.316 e. The van der Waals surface area contributed by atoms with Gasteiger partial charge in [-0.1, -0.05) is 25.0 Å². The quantitative estimate of drug-likeness (QED) is 0.644. The van der Waals surface area contributed by atoms with E-state index in [-0.39, 0.29) is 10.6 Å². The van der Waals surface area contributed by atoms with Crippen molar-refractivity contribution < 1.29 is 4.92 Å². The summed E-state index contributed by atoms with van der Waals surface area (Å²) in [7, 11) is 2.01. The average Bonchev–Trinajstić information content (AvgIpc) is 2.90. The van der Waals surface area contributed by atoms with Gasteiger partial charge in [0.1, 0.15) is 0 Å². The average molecular weight is 248 g/mol. The van der Waals surface area contributed by atoms with Crippen LogP contribution in [0.2, 0.25) is 0 Å². The topological polar surface area (TPSA) is 55.2 Å². The van der Waals surface area contributed by atoms with Gasteiger partial charge in [0.05, 0.1) is 4.92 Å². The van der Waals surface area contributed by atoms with Crippen molar-refractivity contribution in [1.82, 2.24) is 5.32 Å². The first-order valence-corrected chi connectivity index (χ1v) is 6.61. The molecule has 1 aliphatic carbocycles. The second kappa shape index (κ2) is 5.96. The zero-order chi connectivity index (χ0) is 13.0. The Bertz CT molecular complexity index is 397. The fourth-order valence-corrected chi connectivity index (χ4v) is 2.87. The Morgan fingerprint density at radius 1 is 1.33 bits per heavy atom. The number of rotatable bonds is 5. The molecular formula is C14H20N2O2. The first kappa shape index (κ1) is 13.0. The van der Waals surface area contributed by atoms with Gasteiger partial charge in [0.15, 0.2) is 0 Å². The standard InChI is InChI=1S/C14H20N2O2/c1-15-14(12-4-2-3-5-12)10-11-6-8-13(9-7-11)16(17)18/h6-9,12,14-15H,2-5,10H2,1H3. The second-order valence-electron chi connectivity index (χ2n) is 5.07. The van der Waals surface area contributed by atoms with Gasteiger partial charge in [-0.25, -0.2) is 0 Å². The molecule has 2 rings (SSSR count). The van der Waals surface area contributed by atoms with E-state index in [0.29, 0.717) is 6.04 Å². The molecule has 1 N–H and O–H groups in total. The maximum absolute atomic E-state index is 10.6. The molecule has 1 saturated carbocycles. The zero-order valence-corrected chi connectivity index (χ0v) is 10.8. The molecule has 1 fully saturated rings. The lowest BCUT2D eigenvalue weighted by Gasteiger charge is -2.22. The van der Waals surface area contributed by atoms with Crippen molar-refractivity contribution in [2.45, 2.75) is 38.1 Å². The summed E-state index contributed by atoms with van der Waals surface area (Å²) in [5, 5.41) is 14.0. The minimum absolute atomic E-state index is 0.167. The van der Waals surface area contributed by atoms with E-state index in [1.165, 1.54) is 31.2 Å². The van der Waals surface area contributed by atoms with Crippen LogP contribution in [0.4, 0.5) is 5.69 Å². The van der Waals surface area contributed by atoms with Gasteiger partial charge >= 0.3 is 0 Å². The van der Waals surface area contributed by atoms with Crippen LogP contribution in [0.3, 0.4) is 0 Å². The number of non-ortho nitro benzene ring substituents is 1. The first-order chi connectivity index (χ1) is 8.70. The zero-order valence-electron chi connectivity index (χ0n) is 10.8. The maximum Gasteiger partial charge on any atom is 0.269 e. The van der Waals surface area contributed by atoms with Gasteiger partial charge in [0.2, 0.25) is 0 Å². The van der Waals surface area contributed by atoms with E-state index in [2.05, 4.69) is 5.32 Å². The lowest BCUT2D eigenvalue weighted by molar-refractivity contribution is -0.384. The number of hydrogen-bond donors (Lipinski definition) is 1. The smallest absolute Gasteiger partial charge is 0.269 e. The normalized spacial score (nSPS) is 17.8. The predicted molar refractivity (Wildman–Crippen MR) is 71.6 cm³/mol. The first-order valence-electron chi connectivity index (χ1n) is 6.61. The largest absolute Gasteiger partial charge is 0.316 e. The Morgan fingerprint density at radius 2 is 1.94 bits per heavy atom. The van der Waals surface area contributed by atoms with Crippen LogP contribution in [0.5, 0.6) is 0 Å². The molecule has 0 aliphatic heterocycles. The van der Waals surface area contributed by atoms with Crippen molar-refractivity contribution in [3.63, 3.8) is 0 Å². The van der Waals surface area contributed by atoms with Crippen LogP contribution >= 0.6 is 0 Å². The molecule has 0 radical (unpaired) electrons. The number of likely N-dealkylation sites (N-methyl/N-ethyl adjacent to an activating group) is 1. The molecule has 1 aromatic rings. The third kappa shape index (κ3) is 3.07. The van der Waals surface area contributed by atoms with Crippen molar-refractivity contribution >= 4 is 5.69 Å². The number of nitrogens with one attached hydrogen (secondary N) is 1. The molecule has 0 heterocycles. The molecule has 1 atom stereocenters. The van der Waals surface area contributed by atoms with Gasteiger partial charge in [-0.15, -0.1) is 0 Å². The van der Waals surface area contributed by atoms with Gasteiger partial charge in [-0.05, 0) is 37.8 Å². The van der Waals surface area contributed by atoms with Crippen molar-refractivity contribution in [2.75, 3.05) is 7.05 Å². The number of nitro benzene ring substituents is 1. The Balaban J connectivity index is 2.00. The van der Waals surface area contributed by atoms with Crippen LogP contribution in [-0.4, -0.2) is 18.0 Å². The summed E-state index contributed by atoms with van der Waals surface area (Å²) in [6, 6.07) is 7.43. The molecule has 1 unspecified atom stereocenters. The highest BCUT2D eigenvalue weighted by Crippen LogP contribution is 2.29. The van der Waals surface area contributed by atoms with Crippen LogP contribution < -0.4 is 5.32 Å². The van der Waals surface area contributed by atoms with Crippen LogP contribution in [0.1, 0.15) is 31.2 Å². The fraction of sp³-hybridized carbons (Fsp3) is 0.571. The van der Waals surface area contributed by atoms with Crippen LogP contribution in [-0.2, 0) is 6.42 Å². The van der Waals surface area contributed by atoms with Crippen LogP contribution in [0.25, 0.3) is 0 Å². The third-order valence-corrected chi connectivity index (χ3v) is 3.94. The predicted octanol–water partition coefficient (Wildman–Crippen LogP) is 2.92. The molecule has 98 valence electrons. The lowest BCUT2D eigenvalue weighted by atomic mass is 9.92. The van der Waals surface area contributed by atoms with E-state index in [1.54, 1.807) is 12.1 Å². The van der Waals surface area contributed by atoms with E-state index in [9.17, 15) is 10.1 Å². The molecule has 4 heteroatoms. The van der Waals surface area contributed by atoms with Crippen molar-refractivity contribution in [1.29, 1.82) is 0 Å². The van der Waals surface area contributed by atoms with Gasteiger partial charge in [0.25, 0.3) is 5.69 Å². The Morgan fingerprint density at radius 3 is 2.44 bits per heavy atom. The number of benzene rings is 1. The van der Waals surface area contributed by atoms with Gasteiger partial charge in [-0.3, -0.25) is 10.1 Å². The molecule has 0 saturated heterocycles. The molecule has 1 aromatic carbocycles. The van der Waals surface area contributed by atoms with Gasteiger partial charge in [-0.2, -0.15) is 0 Å². The SMILES string of the molecule is CNC(Cc1ccc([N+](=O)[O-])cc1)C1CCCC1. The summed E-state index contributed by atoms with van der Waals surface area (Å²) in [6.07, 6.45) is 6.24. The summed E-state index contributed by atoms with van der Waals surface area (Å²) in [6.45, 7) is 0. The summed E-state index contributed by atoms with van der Waals surface area (Å²) in [5.41, 5.74) is 1.34. The second-order valence-corrected chi connectivity index (χ2v) is 5.07. The highest BCUT2D eigenvalue weighted by atomic mass is 16.6. The number of hydrogen-bond acceptors (Lipinski definition) is 3. The van der Waals surface area contributed by atoms with E-state index < -0.39 is 0 Å². The Hall–Kier alpha value is -1.42. The lowest BCUT2D eigenvalue weighted by Crippen LogP contribution is -2.34. The molecule has 0 spiro atoms. The van der Waals surface area contributed by atoms with Crippen LogP contribution in [0.15, 0.2) is 24.3 Å². The number of nitrogens with zero attached hydrogens (tertiary/aromatic N) is 1. The van der Waals surface area contributed by atoms with E-state index in [0.717, 1.165) is 12.3 Å². The van der Waals surface area contributed by atoms with E-state index >= 15 is 0 Å².